The average Bonchev–Trinajstić information content (AvgIpc) is 2.87. The summed E-state index contributed by atoms with van der Waals surface area (Å²) in [4.78, 5) is 32.3. The molecule has 8 nitrogen and oxygen atoms in total. The molecule has 4 aromatic rings. The number of rotatable bonds is 8. The third-order valence-corrected chi connectivity index (χ3v) is 5.68. The lowest BCUT2D eigenvalue weighted by molar-refractivity contribution is -0.383. The van der Waals surface area contributed by atoms with Crippen molar-refractivity contribution < 1.29 is 14.8 Å². The van der Waals surface area contributed by atoms with Crippen molar-refractivity contribution in [3.05, 3.63) is 94.4 Å². The van der Waals surface area contributed by atoms with E-state index in [0.29, 0.717) is 18.4 Å². The minimum absolute atomic E-state index is 0.117. The molecule has 0 fully saturated rings. The first-order valence-corrected chi connectivity index (χ1v) is 11.0. The predicted octanol–water partition coefficient (Wildman–Crippen LogP) is 5.31. The van der Waals surface area contributed by atoms with Gasteiger partial charge >= 0.3 is 0 Å². The molecule has 0 saturated carbocycles. The second kappa shape index (κ2) is 10.1. The normalized spacial score (nSPS) is 11.8. The van der Waals surface area contributed by atoms with E-state index in [1.807, 2.05) is 43.3 Å². The zero-order valence-corrected chi connectivity index (χ0v) is 18.6. The summed E-state index contributed by atoms with van der Waals surface area (Å²) >= 11 is 0. The molecule has 172 valence electrons. The Morgan fingerprint density at radius 1 is 1.12 bits per heavy atom. The highest BCUT2D eigenvalue weighted by atomic mass is 16.6. The van der Waals surface area contributed by atoms with Gasteiger partial charge in [0.1, 0.15) is 11.3 Å². The summed E-state index contributed by atoms with van der Waals surface area (Å²) in [7, 11) is 0. The lowest BCUT2D eigenvalue weighted by atomic mass is 9.93. The second-order valence-corrected chi connectivity index (χ2v) is 7.96. The summed E-state index contributed by atoms with van der Waals surface area (Å²) in [5.74, 6) is -0.398. The van der Waals surface area contributed by atoms with E-state index in [0.717, 1.165) is 17.5 Å². The number of nitrogens with one attached hydrogen (secondary N) is 1. The molecule has 2 N–H and O–H groups in total. The van der Waals surface area contributed by atoms with Gasteiger partial charge in [-0.05, 0) is 41.3 Å². The maximum atomic E-state index is 12.7. The molecule has 8 heteroatoms. The minimum atomic E-state index is -0.794. The van der Waals surface area contributed by atoms with Crippen molar-refractivity contribution in [2.24, 2.45) is 0 Å². The smallest absolute Gasteiger partial charge is 0.279 e. The van der Waals surface area contributed by atoms with E-state index in [2.05, 4.69) is 15.3 Å². The van der Waals surface area contributed by atoms with Crippen LogP contribution in [0, 0.1) is 10.1 Å². The number of phenolic OH excluding ortho intramolecular Hbond substituents is 1. The number of phenols is 1. The van der Waals surface area contributed by atoms with Crippen LogP contribution in [0.4, 0.5) is 5.69 Å². The van der Waals surface area contributed by atoms with Crippen LogP contribution in [0.1, 0.15) is 43.4 Å². The van der Waals surface area contributed by atoms with E-state index in [-0.39, 0.29) is 33.8 Å². The Morgan fingerprint density at radius 2 is 1.88 bits per heavy atom. The summed E-state index contributed by atoms with van der Waals surface area (Å²) in [5.41, 5.74) is 2.70. The Balaban J connectivity index is 1.82. The topological polar surface area (TPSA) is 118 Å². The van der Waals surface area contributed by atoms with Crippen LogP contribution >= 0.6 is 0 Å². The molecule has 0 spiro atoms. The zero-order chi connectivity index (χ0) is 24.1. The van der Waals surface area contributed by atoms with E-state index in [4.69, 9.17) is 0 Å². The lowest BCUT2D eigenvalue weighted by Gasteiger charge is -2.22. The van der Waals surface area contributed by atoms with Crippen molar-refractivity contribution in [1.82, 2.24) is 15.3 Å². The van der Waals surface area contributed by atoms with Crippen molar-refractivity contribution in [2.75, 3.05) is 0 Å². The van der Waals surface area contributed by atoms with Gasteiger partial charge in [0.05, 0.1) is 16.4 Å². The number of non-ortho nitro benzene ring substituents is 1. The van der Waals surface area contributed by atoms with Crippen LogP contribution in [0.2, 0.25) is 0 Å². The van der Waals surface area contributed by atoms with Gasteiger partial charge < -0.3 is 10.4 Å². The molecule has 4 rings (SSSR count). The number of benzene rings is 2. The minimum Gasteiger partial charge on any atom is -0.505 e. The number of carbonyl (C=O) groups is 1. The standard InChI is InChI=1S/C26H24N4O4/c1-2-3-8-23(31)29-24(18-11-9-17(10-12-18)19-6-4-13-27-16-19)21-15-22(30(33)34)20-7-5-14-28-25(20)26(21)32/h4-7,9-16,24,32H,2-3,8H2,1H3,(H,29,31). The SMILES string of the molecule is CCCCC(=O)NC(c1ccc(-c2cccnc2)cc1)c1cc([N+](=O)[O-])c2cccnc2c1O. The van der Waals surface area contributed by atoms with E-state index in [1.54, 1.807) is 24.5 Å². The van der Waals surface area contributed by atoms with Crippen LogP contribution in [0.5, 0.6) is 5.75 Å². The first kappa shape index (κ1) is 22.8. The summed E-state index contributed by atoms with van der Waals surface area (Å²) in [6.07, 6.45) is 6.80. The Hall–Kier alpha value is -4.33. The van der Waals surface area contributed by atoms with E-state index < -0.39 is 11.0 Å². The fourth-order valence-electron chi connectivity index (χ4n) is 3.91. The molecule has 1 unspecified atom stereocenters. The van der Waals surface area contributed by atoms with E-state index in [1.165, 1.54) is 12.3 Å². The number of hydrogen-bond acceptors (Lipinski definition) is 6. The van der Waals surface area contributed by atoms with Gasteiger partial charge in [0.2, 0.25) is 5.91 Å². The monoisotopic (exact) mass is 456 g/mol. The maximum Gasteiger partial charge on any atom is 0.279 e. The zero-order valence-electron chi connectivity index (χ0n) is 18.6. The summed E-state index contributed by atoms with van der Waals surface area (Å²) < 4.78 is 0. The van der Waals surface area contributed by atoms with Crippen molar-refractivity contribution in [2.45, 2.75) is 32.2 Å². The Morgan fingerprint density at radius 3 is 2.56 bits per heavy atom. The van der Waals surface area contributed by atoms with E-state index >= 15 is 0 Å². The first-order chi connectivity index (χ1) is 16.5. The fourth-order valence-corrected chi connectivity index (χ4v) is 3.91. The molecule has 2 heterocycles. The number of aromatic hydroxyl groups is 1. The number of nitro benzene ring substituents is 1. The maximum absolute atomic E-state index is 12.7. The fraction of sp³-hybridized carbons (Fsp3) is 0.192. The number of carbonyl (C=O) groups excluding carboxylic acids is 1. The number of nitrogens with zero attached hydrogens (tertiary/aromatic N) is 3. The van der Waals surface area contributed by atoms with E-state index in [9.17, 15) is 20.0 Å². The Bertz CT molecular complexity index is 1320. The van der Waals surface area contributed by atoms with Gasteiger partial charge in [0.15, 0.2) is 0 Å². The highest BCUT2D eigenvalue weighted by molar-refractivity contribution is 5.94. The summed E-state index contributed by atoms with van der Waals surface area (Å²) in [5, 5.41) is 26.1. The third kappa shape index (κ3) is 4.71. The molecule has 0 bridgehead atoms. The number of amides is 1. The van der Waals surface area contributed by atoms with Crippen LogP contribution in [0.25, 0.3) is 22.0 Å². The van der Waals surface area contributed by atoms with Crippen molar-refractivity contribution in [3.8, 4) is 16.9 Å². The number of pyridine rings is 2. The molecule has 0 saturated heterocycles. The van der Waals surface area contributed by atoms with Crippen molar-refractivity contribution >= 4 is 22.5 Å². The predicted molar refractivity (Wildman–Crippen MR) is 129 cm³/mol. The molecule has 2 aromatic carbocycles. The van der Waals surface area contributed by atoms with Crippen molar-refractivity contribution in [3.63, 3.8) is 0 Å². The first-order valence-electron chi connectivity index (χ1n) is 11.0. The van der Waals surface area contributed by atoms with Crippen LogP contribution in [-0.4, -0.2) is 25.9 Å². The second-order valence-electron chi connectivity index (χ2n) is 7.96. The van der Waals surface area contributed by atoms with Crippen LogP contribution < -0.4 is 5.32 Å². The molecule has 1 amide bonds. The van der Waals surface area contributed by atoms with Gasteiger partial charge in [-0.3, -0.25) is 24.9 Å². The summed E-state index contributed by atoms with van der Waals surface area (Å²) in [6, 6.07) is 14.9. The van der Waals surface area contributed by atoms with Crippen molar-refractivity contribution in [1.29, 1.82) is 0 Å². The van der Waals surface area contributed by atoms with Gasteiger partial charge in [-0.2, -0.15) is 0 Å². The van der Waals surface area contributed by atoms with Crippen LogP contribution in [0.15, 0.2) is 73.2 Å². The largest absolute Gasteiger partial charge is 0.505 e. The third-order valence-electron chi connectivity index (χ3n) is 5.68. The number of unbranched alkanes of at least 4 members (excludes halogenated alkanes) is 1. The molecular formula is C26H24N4O4. The number of aromatic nitrogens is 2. The van der Waals surface area contributed by atoms with Crippen LogP contribution in [-0.2, 0) is 4.79 Å². The van der Waals surface area contributed by atoms with Gasteiger partial charge in [-0.15, -0.1) is 0 Å². The van der Waals surface area contributed by atoms with Gasteiger partial charge in [-0.1, -0.05) is 43.7 Å². The number of fused-ring (bicyclic) bond motifs is 1. The summed E-state index contributed by atoms with van der Waals surface area (Å²) in [6.45, 7) is 1.99. The highest BCUT2D eigenvalue weighted by Crippen LogP contribution is 2.39. The number of nitro groups is 1. The van der Waals surface area contributed by atoms with Gasteiger partial charge in [0, 0.05) is 36.6 Å². The highest BCUT2D eigenvalue weighted by Gasteiger charge is 2.27. The van der Waals surface area contributed by atoms with Gasteiger partial charge in [0.25, 0.3) is 5.69 Å². The molecule has 0 radical (unpaired) electrons. The average molecular weight is 457 g/mol. The molecule has 1 atom stereocenters. The molecule has 34 heavy (non-hydrogen) atoms. The quantitative estimate of drug-likeness (QED) is 0.274. The molecular weight excluding hydrogens is 432 g/mol. The molecule has 0 aliphatic rings. The lowest BCUT2D eigenvalue weighted by Crippen LogP contribution is -2.29. The Labute approximate surface area is 196 Å². The molecule has 0 aliphatic heterocycles. The molecule has 2 aromatic heterocycles. The Kier molecular flexibility index (Phi) is 6.77. The molecule has 0 aliphatic carbocycles. The van der Waals surface area contributed by atoms with Crippen LogP contribution in [0.3, 0.4) is 0 Å². The number of hydrogen-bond donors (Lipinski definition) is 2. The van der Waals surface area contributed by atoms with Gasteiger partial charge in [-0.25, -0.2) is 0 Å².